The van der Waals surface area contributed by atoms with Crippen LogP contribution in [0.5, 0.6) is 5.75 Å². The van der Waals surface area contributed by atoms with Gasteiger partial charge in [-0.05, 0) is 36.0 Å². The quantitative estimate of drug-likeness (QED) is 0.622. The molecule has 3 nitrogen and oxygen atoms in total. The summed E-state index contributed by atoms with van der Waals surface area (Å²) < 4.78 is 5.73. The van der Waals surface area contributed by atoms with Gasteiger partial charge in [0, 0.05) is 0 Å². The number of hydrogen-bond acceptors (Lipinski definition) is 3. The highest BCUT2D eigenvalue weighted by molar-refractivity contribution is 5.30. The van der Waals surface area contributed by atoms with Crippen molar-refractivity contribution in [2.45, 2.75) is 45.8 Å². The molecule has 1 fully saturated rings. The summed E-state index contributed by atoms with van der Waals surface area (Å²) in [5.41, 5.74) is 4.18. The Labute approximate surface area is 103 Å². The zero-order valence-corrected chi connectivity index (χ0v) is 10.9. The van der Waals surface area contributed by atoms with Crippen molar-refractivity contribution < 1.29 is 4.74 Å². The van der Waals surface area contributed by atoms with E-state index in [4.69, 9.17) is 10.6 Å². The lowest BCUT2D eigenvalue weighted by Gasteiger charge is -2.30. The summed E-state index contributed by atoms with van der Waals surface area (Å²) in [5.74, 6) is 6.60. The zero-order chi connectivity index (χ0) is 12.5. The highest BCUT2D eigenvalue weighted by Crippen LogP contribution is 2.33. The van der Waals surface area contributed by atoms with Crippen LogP contribution in [0.15, 0.2) is 24.3 Å². The van der Waals surface area contributed by atoms with Gasteiger partial charge in [-0.15, -0.1) is 0 Å². The van der Waals surface area contributed by atoms with Gasteiger partial charge in [-0.3, -0.25) is 11.3 Å². The Morgan fingerprint density at radius 2 is 1.82 bits per heavy atom. The second-order valence-corrected chi connectivity index (χ2v) is 5.85. The molecular formula is C14H22N2O. The fourth-order valence-corrected chi connectivity index (χ4v) is 1.96. The van der Waals surface area contributed by atoms with Gasteiger partial charge in [0.15, 0.2) is 0 Å². The summed E-state index contributed by atoms with van der Waals surface area (Å²) in [6.07, 6.45) is 2.83. The Bertz CT molecular complexity index is 363. The first-order valence-corrected chi connectivity index (χ1v) is 6.23. The van der Waals surface area contributed by atoms with Gasteiger partial charge in [0.25, 0.3) is 0 Å². The van der Waals surface area contributed by atoms with Gasteiger partial charge >= 0.3 is 0 Å². The predicted molar refractivity (Wildman–Crippen MR) is 69.6 cm³/mol. The van der Waals surface area contributed by atoms with Crippen molar-refractivity contribution in [3.63, 3.8) is 0 Å². The molecule has 0 spiro atoms. The topological polar surface area (TPSA) is 47.3 Å². The molecule has 2 rings (SSSR count). The summed E-state index contributed by atoms with van der Waals surface area (Å²) in [5, 5.41) is 0. The third-order valence-corrected chi connectivity index (χ3v) is 3.07. The molecule has 3 N–H and O–H groups in total. The van der Waals surface area contributed by atoms with Gasteiger partial charge in [0.1, 0.15) is 5.75 Å². The second kappa shape index (κ2) is 4.67. The third kappa shape index (κ3) is 3.20. The van der Waals surface area contributed by atoms with E-state index in [1.807, 2.05) is 12.1 Å². The van der Waals surface area contributed by atoms with E-state index in [0.29, 0.717) is 6.10 Å². The summed E-state index contributed by atoms with van der Waals surface area (Å²) in [6.45, 7) is 6.52. The summed E-state index contributed by atoms with van der Waals surface area (Å²) in [6, 6.07) is 8.39. The molecule has 0 aromatic heterocycles. The maximum absolute atomic E-state index is 5.73. The molecule has 0 heterocycles. The Morgan fingerprint density at radius 1 is 1.24 bits per heavy atom. The van der Waals surface area contributed by atoms with Crippen LogP contribution in [0.4, 0.5) is 0 Å². The number of hydrazine groups is 1. The molecule has 94 valence electrons. The lowest BCUT2D eigenvalue weighted by molar-refractivity contribution is 0.274. The maximum atomic E-state index is 5.73. The van der Waals surface area contributed by atoms with Gasteiger partial charge in [0.2, 0.25) is 0 Å². The molecule has 1 aliphatic carbocycles. The Kier molecular flexibility index (Phi) is 3.40. The van der Waals surface area contributed by atoms with Gasteiger partial charge < -0.3 is 4.74 Å². The Morgan fingerprint density at radius 3 is 2.24 bits per heavy atom. The van der Waals surface area contributed by atoms with Crippen molar-refractivity contribution in [2.24, 2.45) is 11.3 Å². The van der Waals surface area contributed by atoms with Crippen LogP contribution in [0.2, 0.25) is 0 Å². The first-order valence-electron chi connectivity index (χ1n) is 6.23. The first-order chi connectivity index (χ1) is 8.00. The fraction of sp³-hybridized carbons (Fsp3) is 0.571. The van der Waals surface area contributed by atoms with E-state index in [9.17, 15) is 0 Å². The van der Waals surface area contributed by atoms with Crippen LogP contribution >= 0.6 is 0 Å². The van der Waals surface area contributed by atoms with Crippen LogP contribution < -0.4 is 16.0 Å². The molecule has 0 aliphatic heterocycles. The van der Waals surface area contributed by atoms with E-state index in [0.717, 1.165) is 5.75 Å². The molecule has 1 aromatic rings. The van der Waals surface area contributed by atoms with Crippen LogP contribution in [0.25, 0.3) is 0 Å². The third-order valence-electron chi connectivity index (χ3n) is 3.07. The van der Waals surface area contributed by atoms with E-state index in [2.05, 4.69) is 38.3 Å². The molecule has 0 saturated heterocycles. The van der Waals surface area contributed by atoms with Crippen LogP contribution in [0.1, 0.15) is 45.2 Å². The minimum absolute atomic E-state index is 0.0909. The van der Waals surface area contributed by atoms with E-state index in [-0.39, 0.29) is 11.5 Å². The molecular weight excluding hydrogens is 212 g/mol. The van der Waals surface area contributed by atoms with Gasteiger partial charge in [-0.2, -0.15) is 0 Å². The molecule has 1 aliphatic rings. The van der Waals surface area contributed by atoms with Crippen molar-refractivity contribution in [1.82, 2.24) is 5.43 Å². The fourth-order valence-electron chi connectivity index (χ4n) is 1.96. The average molecular weight is 234 g/mol. The van der Waals surface area contributed by atoms with Crippen molar-refractivity contribution in [1.29, 1.82) is 0 Å². The van der Waals surface area contributed by atoms with Gasteiger partial charge in [-0.1, -0.05) is 32.9 Å². The number of rotatable bonds is 4. The minimum atomic E-state index is 0.0909. The normalized spacial score (nSPS) is 17.9. The van der Waals surface area contributed by atoms with E-state index in [1.165, 1.54) is 18.4 Å². The van der Waals surface area contributed by atoms with Crippen molar-refractivity contribution in [2.75, 3.05) is 0 Å². The average Bonchev–Trinajstić information content (AvgIpc) is 3.03. The number of hydrogen-bond donors (Lipinski definition) is 2. The lowest BCUT2D eigenvalue weighted by atomic mass is 9.83. The molecule has 1 atom stereocenters. The van der Waals surface area contributed by atoms with E-state index >= 15 is 0 Å². The standard InChI is InChI=1S/C14H22N2O/c1-14(2,3)13(16-15)10-4-6-11(7-5-10)17-12-8-9-12/h4-7,12-13,16H,8-9,15H2,1-3H3. The summed E-state index contributed by atoms with van der Waals surface area (Å²) in [4.78, 5) is 0. The molecule has 1 aromatic carbocycles. The highest BCUT2D eigenvalue weighted by atomic mass is 16.5. The van der Waals surface area contributed by atoms with Crippen molar-refractivity contribution in [3.05, 3.63) is 29.8 Å². The molecule has 0 radical (unpaired) electrons. The predicted octanol–water partition coefficient (Wildman–Crippen LogP) is 2.78. The van der Waals surface area contributed by atoms with E-state index in [1.54, 1.807) is 0 Å². The number of nitrogens with one attached hydrogen (secondary N) is 1. The largest absolute Gasteiger partial charge is 0.490 e. The first kappa shape index (κ1) is 12.4. The SMILES string of the molecule is CC(C)(C)C(NN)c1ccc(OC2CC2)cc1. The number of nitrogens with two attached hydrogens (primary N) is 1. The molecule has 17 heavy (non-hydrogen) atoms. The Balaban J connectivity index is 2.09. The van der Waals surface area contributed by atoms with Crippen molar-refractivity contribution in [3.8, 4) is 5.75 Å². The second-order valence-electron chi connectivity index (χ2n) is 5.85. The van der Waals surface area contributed by atoms with Crippen LogP contribution in [0, 0.1) is 5.41 Å². The zero-order valence-electron chi connectivity index (χ0n) is 10.9. The van der Waals surface area contributed by atoms with Crippen LogP contribution in [-0.4, -0.2) is 6.10 Å². The monoisotopic (exact) mass is 234 g/mol. The van der Waals surface area contributed by atoms with Crippen molar-refractivity contribution >= 4 is 0 Å². The number of ether oxygens (including phenoxy) is 1. The molecule has 0 bridgehead atoms. The van der Waals surface area contributed by atoms with Crippen LogP contribution in [0.3, 0.4) is 0 Å². The van der Waals surface area contributed by atoms with Crippen LogP contribution in [-0.2, 0) is 0 Å². The van der Waals surface area contributed by atoms with Gasteiger partial charge in [0.05, 0.1) is 12.1 Å². The lowest BCUT2D eigenvalue weighted by Crippen LogP contribution is -2.36. The molecule has 1 saturated carbocycles. The van der Waals surface area contributed by atoms with E-state index < -0.39 is 0 Å². The summed E-state index contributed by atoms with van der Waals surface area (Å²) >= 11 is 0. The highest BCUT2D eigenvalue weighted by Gasteiger charge is 2.26. The number of benzene rings is 1. The van der Waals surface area contributed by atoms with Gasteiger partial charge in [-0.25, -0.2) is 0 Å². The maximum Gasteiger partial charge on any atom is 0.119 e. The summed E-state index contributed by atoms with van der Waals surface area (Å²) in [7, 11) is 0. The minimum Gasteiger partial charge on any atom is -0.490 e. The Hall–Kier alpha value is -1.06. The molecule has 1 unspecified atom stereocenters. The molecule has 3 heteroatoms. The molecule has 0 amide bonds. The smallest absolute Gasteiger partial charge is 0.119 e.